The summed E-state index contributed by atoms with van der Waals surface area (Å²) in [6, 6.07) is 8.47. The van der Waals surface area contributed by atoms with Crippen molar-refractivity contribution in [3.05, 3.63) is 57.6 Å². The van der Waals surface area contributed by atoms with Crippen LogP contribution < -0.4 is 4.72 Å². The third-order valence-corrected chi connectivity index (χ3v) is 6.35. The van der Waals surface area contributed by atoms with E-state index in [0.717, 1.165) is 29.5 Å². The summed E-state index contributed by atoms with van der Waals surface area (Å²) in [7, 11) is 0. The van der Waals surface area contributed by atoms with Gasteiger partial charge in [-0.15, -0.1) is 0 Å². The molecule has 3 nitrogen and oxygen atoms in total. The molecule has 0 unspecified atom stereocenters. The zero-order valence-electron chi connectivity index (χ0n) is 14.4. The monoisotopic (exact) mass is 466 g/mol. The molecule has 0 bridgehead atoms. The first kappa shape index (κ1) is 21.5. The van der Waals surface area contributed by atoms with E-state index in [-0.39, 0.29) is 10.9 Å². The van der Waals surface area contributed by atoms with Gasteiger partial charge >= 0.3 is 6.18 Å². The van der Waals surface area contributed by atoms with Gasteiger partial charge in [-0.05, 0) is 48.3 Å². The van der Waals surface area contributed by atoms with Gasteiger partial charge in [0.2, 0.25) is 0 Å². The molecule has 0 saturated carbocycles. The molecule has 1 fully saturated rings. The Morgan fingerprint density at radius 2 is 1.82 bits per heavy atom. The molecule has 10 heteroatoms. The maximum absolute atomic E-state index is 13.0. The number of hydrogen-bond acceptors (Lipinski definition) is 4. The summed E-state index contributed by atoms with van der Waals surface area (Å²) in [4.78, 5) is 14.9. The standard InChI is InChI=1S/C18H15Cl2F3N2OS2/c19-11-1-3-13(17(26)25-5-7-27-8-6-25)16(9-11)24-28-12-2-4-15(20)14(10-12)18(21,22)23/h1-4,9-10,24H,5-8H2. The molecule has 150 valence electrons. The Morgan fingerprint density at radius 3 is 2.50 bits per heavy atom. The van der Waals surface area contributed by atoms with Gasteiger partial charge in [0.15, 0.2) is 0 Å². The topological polar surface area (TPSA) is 32.3 Å². The second kappa shape index (κ2) is 9.07. The lowest BCUT2D eigenvalue weighted by molar-refractivity contribution is -0.137. The van der Waals surface area contributed by atoms with Crippen molar-refractivity contribution in [3.63, 3.8) is 0 Å². The van der Waals surface area contributed by atoms with Gasteiger partial charge in [-0.1, -0.05) is 23.2 Å². The number of amides is 1. The van der Waals surface area contributed by atoms with E-state index in [1.807, 2.05) is 0 Å². The van der Waals surface area contributed by atoms with Crippen LogP contribution in [-0.4, -0.2) is 35.4 Å². The van der Waals surface area contributed by atoms with E-state index < -0.39 is 11.7 Å². The van der Waals surface area contributed by atoms with Crippen LogP contribution in [0, 0.1) is 0 Å². The minimum absolute atomic E-state index is 0.132. The van der Waals surface area contributed by atoms with Crippen LogP contribution in [0.15, 0.2) is 41.3 Å². The average molecular weight is 467 g/mol. The number of hydrogen-bond donors (Lipinski definition) is 1. The number of anilines is 1. The molecule has 1 N–H and O–H groups in total. The molecule has 1 aliphatic heterocycles. The number of alkyl halides is 3. The summed E-state index contributed by atoms with van der Waals surface area (Å²) in [6.45, 7) is 1.32. The summed E-state index contributed by atoms with van der Waals surface area (Å²) in [5.74, 6) is 1.62. The predicted octanol–water partition coefficient (Wildman–Crippen LogP) is 6.32. The van der Waals surface area contributed by atoms with Gasteiger partial charge in [0.1, 0.15) is 0 Å². The number of halogens is 5. The van der Waals surface area contributed by atoms with Gasteiger partial charge in [-0.3, -0.25) is 4.79 Å². The van der Waals surface area contributed by atoms with Crippen LogP contribution in [0.3, 0.4) is 0 Å². The van der Waals surface area contributed by atoms with Crippen molar-refractivity contribution in [3.8, 4) is 0 Å². The van der Waals surface area contributed by atoms with E-state index in [0.29, 0.717) is 34.3 Å². The molecule has 0 spiro atoms. The first-order chi connectivity index (χ1) is 13.3. The summed E-state index contributed by atoms with van der Waals surface area (Å²) in [5.41, 5.74) is -0.0350. The predicted molar refractivity (Wildman–Crippen MR) is 111 cm³/mol. The van der Waals surface area contributed by atoms with Gasteiger partial charge in [0.05, 0.1) is 21.8 Å². The lowest BCUT2D eigenvalue weighted by Gasteiger charge is -2.27. The molecule has 0 atom stereocenters. The first-order valence-electron chi connectivity index (χ1n) is 8.22. The minimum Gasteiger partial charge on any atom is -0.337 e. The van der Waals surface area contributed by atoms with E-state index in [1.54, 1.807) is 34.9 Å². The number of carbonyl (C=O) groups is 1. The summed E-state index contributed by atoms with van der Waals surface area (Å²) in [6.07, 6.45) is -4.54. The fourth-order valence-corrected chi connectivity index (χ4v) is 4.63. The SMILES string of the molecule is O=C(c1ccc(Cl)cc1NSc1ccc(Cl)c(C(F)(F)F)c1)N1CCSCC1. The maximum atomic E-state index is 13.0. The molecule has 1 heterocycles. The first-order valence-corrected chi connectivity index (χ1v) is 10.9. The number of benzene rings is 2. The van der Waals surface area contributed by atoms with E-state index in [4.69, 9.17) is 23.2 Å². The molecule has 0 aliphatic carbocycles. The molecule has 2 aromatic rings. The quantitative estimate of drug-likeness (QED) is 0.534. The van der Waals surface area contributed by atoms with Gasteiger partial charge < -0.3 is 9.62 Å². The highest BCUT2D eigenvalue weighted by atomic mass is 35.5. The molecule has 3 rings (SSSR count). The van der Waals surface area contributed by atoms with E-state index in [1.165, 1.54) is 12.1 Å². The van der Waals surface area contributed by atoms with Crippen LogP contribution >= 0.6 is 46.9 Å². The van der Waals surface area contributed by atoms with Crippen molar-refractivity contribution < 1.29 is 18.0 Å². The average Bonchev–Trinajstić information content (AvgIpc) is 2.66. The smallest absolute Gasteiger partial charge is 0.337 e. The van der Waals surface area contributed by atoms with E-state index in [2.05, 4.69) is 4.72 Å². The van der Waals surface area contributed by atoms with Crippen molar-refractivity contribution in [2.45, 2.75) is 11.1 Å². The summed E-state index contributed by atoms with van der Waals surface area (Å²) in [5, 5.41) is 0.0550. The number of nitrogens with one attached hydrogen (secondary N) is 1. The second-order valence-corrected chi connectivity index (χ2v) is 8.89. The Hall–Kier alpha value is -1.22. The molecular weight excluding hydrogens is 452 g/mol. The Kier molecular flexibility index (Phi) is 6.96. The van der Waals surface area contributed by atoms with Crippen molar-refractivity contribution >= 4 is 58.5 Å². The van der Waals surface area contributed by atoms with E-state index in [9.17, 15) is 18.0 Å². The normalized spacial score (nSPS) is 14.8. The molecule has 2 aromatic carbocycles. The fourth-order valence-electron chi connectivity index (χ4n) is 2.62. The highest BCUT2D eigenvalue weighted by Crippen LogP contribution is 2.37. The molecule has 0 radical (unpaired) electrons. The molecule has 0 aromatic heterocycles. The Labute approximate surface area is 179 Å². The molecule has 28 heavy (non-hydrogen) atoms. The van der Waals surface area contributed by atoms with Crippen LogP contribution in [0.1, 0.15) is 15.9 Å². The number of thioether (sulfide) groups is 1. The fraction of sp³-hybridized carbons (Fsp3) is 0.278. The highest BCUT2D eigenvalue weighted by Gasteiger charge is 2.33. The molecule has 1 saturated heterocycles. The number of nitrogens with zero attached hydrogens (tertiary/aromatic N) is 1. The van der Waals surface area contributed by atoms with Crippen molar-refractivity contribution in [1.29, 1.82) is 0 Å². The molecule has 1 amide bonds. The van der Waals surface area contributed by atoms with E-state index >= 15 is 0 Å². The van der Waals surface area contributed by atoms with Gasteiger partial charge in [0, 0.05) is 34.5 Å². The lowest BCUT2D eigenvalue weighted by Crippen LogP contribution is -2.38. The van der Waals surface area contributed by atoms with Crippen LogP contribution in [0.2, 0.25) is 10.0 Å². The lowest BCUT2D eigenvalue weighted by atomic mass is 10.1. The van der Waals surface area contributed by atoms with Gasteiger partial charge in [-0.25, -0.2) is 0 Å². The second-order valence-electron chi connectivity index (χ2n) is 5.94. The zero-order chi connectivity index (χ0) is 20.3. The molecule has 1 aliphatic rings. The van der Waals surface area contributed by atoms with Crippen molar-refractivity contribution in [2.24, 2.45) is 0 Å². The van der Waals surface area contributed by atoms with Crippen LogP contribution in [-0.2, 0) is 6.18 Å². The highest BCUT2D eigenvalue weighted by molar-refractivity contribution is 8.00. The third-order valence-electron chi connectivity index (χ3n) is 4.03. The van der Waals surface area contributed by atoms with Crippen molar-refractivity contribution in [2.75, 3.05) is 29.3 Å². The third kappa shape index (κ3) is 5.23. The summed E-state index contributed by atoms with van der Waals surface area (Å²) >= 11 is 14.5. The Balaban J connectivity index is 1.81. The number of rotatable bonds is 4. The van der Waals surface area contributed by atoms with Crippen LogP contribution in [0.4, 0.5) is 18.9 Å². The van der Waals surface area contributed by atoms with Gasteiger partial charge in [0.25, 0.3) is 5.91 Å². The van der Waals surface area contributed by atoms with Crippen molar-refractivity contribution in [1.82, 2.24) is 4.90 Å². The Bertz CT molecular complexity index is 874. The maximum Gasteiger partial charge on any atom is 0.417 e. The van der Waals surface area contributed by atoms with Gasteiger partial charge in [-0.2, -0.15) is 24.9 Å². The summed E-state index contributed by atoms with van der Waals surface area (Å²) < 4.78 is 42.1. The van der Waals surface area contributed by atoms with Crippen LogP contribution in [0.5, 0.6) is 0 Å². The Morgan fingerprint density at radius 1 is 1.11 bits per heavy atom. The largest absolute Gasteiger partial charge is 0.417 e. The molecular formula is C18H15Cl2F3N2OS2. The minimum atomic E-state index is -4.54. The van der Waals surface area contributed by atoms with Crippen LogP contribution in [0.25, 0.3) is 0 Å². The number of carbonyl (C=O) groups excluding carboxylic acids is 1. The zero-order valence-corrected chi connectivity index (χ0v) is 17.5.